The molecule has 1 N–H and O–H groups in total. The van der Waals surface area contributed by atoms with E-state index in [9.17, 15) is 4.79 Å². The molecule has 0 saturated carbocycles. The molecule has 0 saturated heterocycles. The van der Waals surface area contributed by atoms with Crippen LogP contribution in [0.3, 0.4) is 0 Å². The molecular formula is C17H14ClN3O. The first kappa shape index (κ1) is 14.4. The maximum Gasteiger partial charge on any atom is 0.276 e. The van der Waals surface area contributed by atoms with E-state index >= 15 is 0 Å². The van der Waals surface area contributed by atoms with E-state index in [0.717, 1.165) is 16.9 Å². The molecule has 2 aromatic carbocycles. The van der Waals surface area contributed by atoms with Crippen LogP contribution in [0.1, 0.15) is 16.1 Å². The summed E-state index contributed by atoms with van der Waals surface area (Å²) < 4.78 is 1.67. The quantitative estimate of drug-likeness (QED) is 0.792. The Balaban J connectivity index is 1.86. The zero-order valence-corrected chi connectivity index (χ0v) is 12.7. The first-order valence-corrected chi connectivity index (χ1v) is 7.20. The Hall–Kier alpha value is -2.59. The molecule has 4 nitrogen and oxygen atoms in total. The van der Waals surface area contributed by atoms with Gasteiger partial charge in [-0.25, -0.2) is 4.68 Å². The lowest BCUT2D eigenvalue weighted by molar-refractivity contribution is 0.102. The summed E-state index contributed by atoms with van der Waals surface area (Å²) in [5.41, 5.74) is 2.81. The summed E-state index contributed by atoms with van der Waals surface area (Å²) in [6.45, 7) is 1.86. The van der Waals surface area contributed by atoms with Gasteiger partial charge in [-0.05, 0) is 43.3 Å². The van der Waals surface area contributed by atoms with E-state index in [-0.39, 0.29) is 5.91 Å². The summed E-state index contributed by atoms with van der Waals surface area (Å²) in [6.07, 6.45) is 1.82. The predicted octanol–water partition coefficient (Wildman–Crippen LogP) is 4.09. The average Bonchev–Trinajstić information content (AvgIpc) is 2.91. The van der Waals surface area contributed by atoms with Crippen molar-refractivity contribution in [2.45, 2.75) is 6.92 Å². The van der Waals surface area contributed by atoms with Crippen LogP contribution in [0.4, 0.5) is 5.69 Å². The van der Waals surface area contributed by atoms with E-state index in [1.54, 1.807) is 16.8 Å². The molecule has 0 fully saturated rings. The molecule has 0 spiro atoms. The van der Waals surface area contributed by atoms with Crippen LogP contribution >= 0.6 is 11.6 Å². The summed E-state index contributed by atoms with van der Waals surface area (Å²) in [5, 5.41) is 7.87. The zero-order valence-electron chi connectivity index (χ0n) is 12.0. The predicted molar refractivity (Wildman–Crippen MR) is 87.7 cm³/mol. The summed E-state index contributed by atoms with van der Waals surface area (Å²) in [7, 11) is 0. The number of halogens is 1. The minimum Gasteiger partial charge on any atom is -0.321 e. The standard InChI is InChI=1S/C17H14ClN3O/c1-12-11-21(15-9-7-13(18)8-10-15)20-16(12)17(22)19-14-5-3-2-4-6-14/h2-11H,1H3,(H,19,22). The highest BCUT2D eigenvalue weighted by Gasteiger charge is 2.14. The number of amides is 1. The van der Waals surface area contributed by atoms with E-state index in [1.165, 1.54) is 0 Å². The van der Waals surface area contributed by atoms with Gasteiger partial charge in [0.25, 0.3) is 5.91 Å². The molecule has 3 rings (SSSR count). The molecule has 0 atom stereocenters. The fourth-order valence-electron chi connectivity index (χ4n) is 2.12. The van der Waals surface area contributed by atoms with Crippen molar-refractivity contribution in [1.82, 2.24) is 9.78 Å². The minimum absolute atomic E-state index is 0.226. The Labute approximate surface area is 133 Å². The monoisotopic (exact) mass is 311 g/mol. The van der Waals surface area contributed by atoms with Crippen molar-refractivity contribution in [1.29, 1.82) is 0 Å². The lowest BCUT2D eigenvalue weighted by Crippen LogP contribution is -2.14. The van der Waals surface area contributed by atoms with Crippen LogP contribution in [-0.4, -0.2) is 15.7 Å². The topological polar surface area (TPSA) is 46.9 Å². The summed E-state index contributed by atoms with van der Waals surface area (Å²) in [6, 6.07) is 16.6. The molecule has 0 aliphatic heterocycles. The van der Waals surface area contributed by atoms with Crippen molar-refractivity contribution in [3.63, 3.8) is 0 Å². The number of benzene rings is 2. The zero-order chi connectivity index (χ0) is 15.5. The molecule has 110 valence electrons. The summed E-state index contributed by atoms with van der Waals surface area (Å²) in [4.78, 5) is 12.3. The van der Waals surface area contributed by atoms with Gasteiger partial charge in [-0.2, -0.15) is 5.10 Å². The number of hydrogen-bond acceptors (Lipinski definition) is 2. The van der Waals surface area contributed by atoms with Crippen molar-refractivity contribution in [2.24, 2.45) is 0 Å². The summed E-state index contributed by atoms with van der Waals surface area (Å²) in [5.74, 6) is -0.226. The third-order valence-electron chi connectivity index (χ3n) is 3.24. The Morgan fingerprint density at radius 1 is 1.09 bits per heavy atom. The van der Waals surface area contributed by atoms with Crippen LogP contribution in [0.2, 0.25) is 5.02 Å². The highest BCUT2D eigenvalue weighted by Crippen LogP contribution is 2.16. The fraction of sp³-hybridized carbons (Fsp3) is 0.0588. The van der Waals surface area contributed by atoms with E-state index in [1.807, 2.05) is 55.6 Å². The molecule has 22 heavy (non-hydrogen) atoms. The highest BCUT2D eigenvalue weighted by atomic mass is 35.5. The van der Waals surface area contributed by atoms with E-state index in [0.29, 0.717) is 10.7 Å². The number of aromatic nitrogens is 2. The average molecular weight is 312 g/mol. The second-order valence-electron chi connectivity index (χ2n) is 4.90. The maximum absolute atomic E-state index is 12.3. The first-order valence-electron chi connectivity index (χ1n) is 6.82. The van der Waals surface area contributed by atoms with Crippen LogP contribution in [0.5, 0.6) is 0 Å². The normalized spacial score (nSPS) is 10.5. The van der Waals surface area contributed by atoms with Gasteiger partial charge in [0, 0.05) is 22.5 Å². The minimum atomic E-state index is -0.226. The number of carbonyl (C=O) groups excluding carboxylic acids is 1. The van der Waals surface area contributed by atoms with Crippen LogP contribution < -0.4 is 5.32 Å². The largest absolute Gasteiger partial charge is 0.321 e. The van der Waals surface area contributed by atoms with Gasteiger partial charge in [0.15, 0.2) is 5.69 Å². The molecule has 1 aromatic heterocycles. The lowest BCUT2D eigenvalue weighted by Gasteiger charge is -2.03. The van der Waals surface area contributed by atoms with Gasteiger partial charge in [0.1, 0.15) is 0 Å². The smallest absolute Gasteiger partial charge is 0.276 e. The van der Waals surface area contributed by atoms with Crippen molar-refractivity contribution in [2.75, 3.05) is 5.32 Å². The molecular weight excluding hydrogens is 298 g/mol. The Morgan fingerprint density at radius 3 is 2.45 bits per heavy atom. The number of hydrogen-bond donors (Lipinski definition) is 1. The fourth-order valence-corrected chi connectivity index (χ4v) is 2.25. The van der Waals surface area contributed by atoms with Crippen LogP contribution in [0.15, 0.2) is 60.8 Å². The van der Waals surface area contributed by atoms with Gasteiger partial charge in [0.2, 0.25) is 0 Å². The molecule has 3 aromatic rings. The number of para-hydroxylation sites is 1. The molecule has 0 radical (unpaired) electrons. The van der Waals surface area contributed by atoms with Gasteiger partial charge in [-0.15, -0.1) is 0 Å². The Morgan fingerprint density at radius 2 is 1.77 bits per heavy atom. The molecule has 0 aliphatic carbocycles. The van der Waals surface area contributed by atoms with Crippen LogP contribution in [-0.2, 0) is 0 Å². The number of rotatable bonds is 3. The molecule has 0 unspecified atom stereocenters. The third kappa shape index (κ3) is 3.02. The second-order valence-corrected chi connectivity index (χ2v) is 5.34. The van der Waals surface area contributed by atoms with E-state index < -0.39 is 0 Å². The Kier molecular flexibility index (Phi) is 3.94. The van der Waals surface area contributed by atoms with Crippen molar-refractivity contribution in [3.05, 3.63) is 77.1 Å². The number of nitrogens with zero attached hydrogens (tertiary/aromatic N) is 2. The number of aryl methyl sites for hydroxylation is 1. The van der Waals surface area contributed by atoms with Gasteiger partial charge < -0.3 is 5.32 Å². The number of anilines is 1. The van der Waals surface area contributed by atoms with Gasteiger partial charge in [-0.1, -0.05) is 29.8 Å². The van der Waals surface area contributed by atoms with Crippen LogP contribution in [0, 0.1) is 6.92 Å². The highest BCUT2D eigenvalue weighted by molar-refractivity contribution is 6.30. The third-order valence-corrected chi connectivity index (χ3v) is 3.49. The molecule has 0 aliphatic rings. The summed E-state index contributed by atoms with van der Waals surface area (Å²) >= 11 is 5.88. The number of nitrogens with one attached hydrogen (secondary N) is 1. The van der Waals surface area contributed by atoms with E-state index in [2.05, 4.69) is 10.4 Å². The Bertz CT molecular complexity index is 795. The van der Waals surface area contributed by atoms with Gasteiger partial charge in [0.05, 0.1) is 5.69 Å². The van der Waals surface area contributed by atoms with Crippen molar-refractivity contribution >= 4 is 23.2 Å². The molecule has 1 amide bonds. The SMILES string of the molecule is Cc1cn(-c2ccc(Cl)cc2)nc1C(=O)Nc1ccccc1. The van der Waals surface area contributed by atoms with Crippen molar-refractivity contribution in [3.8, 4) is 5.69 Å². The van der Waals surface area contributed by atoms with Gasteiger partial charge >= 0.3 is 0 Å². The van der Waals surface area contributed by atoms with Gasteiger partial charge in [-0.3, -0.25) is 4.79 Å². The lowest BCUT2D eigenvalue weighted by atomic mass is 10.2. The molecule has 0 bridgehead atoms. The van der Waals surface area contributed by atoms with Crippen molar-refractivity contribution < 1.29 is 4.79 Å². The molecule has 5 heteroatoms. The van der Waals surface area contributed by atoms with Crippen LogP contribution in [0.25, 0.3) is 5.69 Å². The number of carbonyl (C=O) groups is 1. The van der Waals surface area contributed by atoms with E-state index in [4.69, 9.17) is 11.6 Å². The maximum atomic E-state index is 12.3. The first-order chi connectivity index (χ1) is 10.6. The molecule has 1 heterocycles. The second kappa shape index (κ2) is 6.03.